The van der Waals surface area contributed by atoms with Gasteiger partial charge in [0.1, 0.15) is 0 Å². The van der Waals surface area contributed by atoms with E-state index in [2.05, 4.69) is 146 Å². The fraction of sp³-hybridized carbons (Fsp3) is 0. The maximum Gasteiger partial charge on any atom is -0.00262 e. The maximum atomic E-state index is 2.38. The van der Waals surface area contributed by atoms with Crippen LogP contribution in [-0.4, -0.2) is 0 Å². The topological polar surface area (TPSA) is 0 Å². The van der Waals surface area contributed by atoms with Gasteiger partial charge in [-0.05, 0) is 106 Å². The standard InChI is InChI=1S/C38H24/c1-2-10-25(11-3-1)37-33-14-6-8-16-35(33)38(36-17-9-7-15-34(36)37)29-19-18-28-22-31-20-26-12-4-5-13-27(26)21-32(31)24-30(28)23-29/h1-24H. The number of rotatable bonds is 2. The van der Waals surface area contributed by atoms with Crippen LogP contribution in [0.2, 0.25) is 0 Å². The van der Waals surface area contributed by atoms with Gasteiger partial charge in [-0.3, -0.25) is 0 Å². The van der Waals surface area contributed by atoms with Gasteiger partial charge in [-0.15, -0.1) is 0 Å². The summed E-state index contributed by atoms with van der Waals surface area (Å²) in [5.74, 6) is 0. The lowest BCUT2D eigenvalue weighted by molar-refractivity contribution is 1.66. The lowest BCUT2D eigenvalue weighted by Crippen LogP contribution is -1.90. The molecule has 0 unspecified atom stereocenters. The molecule has 0 bridgehead atoms. The fourth-order valence-electron chi connectivity index (χ4n) is 6.20. The molecule has 0 atom stereocenters. The van der Waals surface area contributed by atoms with Crippen LogP contribution in [0.1, 0.15) is 0 Å². The van der Waals surface area contributed by atoms with Crippen LogP contribution in [0.15, 0.2) is 146 Å². The second kappa shape index (κ2) is 8.30. The van der Waals surface area contributed by atoms with E-state index in [1.807, 2.05) is 0 Å². The van der Waals surface area contributed by atoms with Crippen molar-refractivity contribution < 1.29 is 0 Å². The summed E-state index contributed by atoms with van der Waals surface area (Å²) in [4.78, 5) is 0. The molecule has 0 nitrogen and oxygen atoms in total. The van der Waals surface area contributed by atoms with Crippen molar-refractivity contribution in [1.82, 2.24) is 0 Å². The van der Waals surface area contributed by atoms with E-state index < -0.39 is 0 Å². The van der Waals surface area contributed by atoms with Crippen molar-refractivity contribution in [3.63, 3.8) is 0 Å². The van der Waals surface area contributed by atoms with Gasteiger partial charge in [0.2, 0.25) is 0 Å². The van der Waals surface area contributed by atoms with E-state index >= 15 is 0 Å². The summed E-state index contributed by atoms with van der Waals surface area (Å²) < 4.78 is 0. The van der Waals surface area contributed by atoms with E-state index in [9.17, 15) is 0 Å². The van der Waals surface area contributed by atoms with Crippen LogP contribution in [0.25, 0.3) is 76.1 Å². The van der Waals surface area contributed by atoms with Crippen LogP contribution in [0, 0.1) is 0 Å². The van der Waals surface area contributed by atoms with Gasteiger partial charge < -0.3 is 0 Å². The van der Waals surface area contributed by atoms with Crippen LogP contribution < -0.4 is 0 Å². The third-order valence-electron chi connectivity index (χ3n) is 7.94. The van der Waals surface area contributed by atoms with Crippen molar-refractivity contribution in [2.75, 3.05) is 0 Å². The molecule has 8 aromatic rings. The normalized spacial score (nSPS) is 11.7. The fourth-order valence-corrected chi connectivity index (χ4v) is 6.20. The first-order valence-electron chi connectivity index (χ1n) is 13.2. The van der Waals surface area contributed by atoms with Gasteiger partial charge in [-0.25, -0.2) is 0 Å². The Bertz CT molecular complexity index is 2110. The molecule has 0 aliphatic heterocycles. The number of fused-ring (bicyclic) bond motifs is 5. The molecule has 0 aromatic heterocycles. The van der Waals surface area contributed by atoms with Gasteiger partial charge in [-0.1, -0.05) is 115 Å². The molecule has 0 aliphatic carbocycles. The third kappa shape index (κ3) is 3.24. The van der Waals surface area contributed by atoms with Gasteiger partial charge in [0.05, 0.1) is 0 Å². The maximum absolute atomic E-state index is 2.38. The Morgan fingerprint density at radius 2 is 0.632 bits per heavy atom. The molecule has 0 saturated carbocycles. The Kier molecular flexibility index (Phi) is 4.62. The summed E-state index contributed by atoms with van der Waals surface area (Å²) in [6, 6.07) is 53.4. The highest BCUT2D eigenvalue weighted by Gasteiger charge is 2.16. The average molecular weight is 481 g/mol. The molecule has 8 rings (SSSR count). The number of benzene rings is 8. The lowest BCUT2D eigenvalue weighted by Gasteiger charge is -2.18. The van der Waals surface area contributed by atoms with Gasteiger partial charge in [0, 0.05) is 0 Å². The van der Waals surface area contributed by atoms with Gasteiger partial charge in [0.25, 0.3) is 0 Å². The highest BCUT2D eigenvalue weighted by Crippen LogP contribution is 2.44. The Morgan fingerprint density at radius 1 is 0.237 bits per heavy atom. The minimum Gasteiger partial charge on any atom is -0.0622 e. The molecule has 0 heteroatoms. The molecule has 0 aliphatic rings. The van der Waals surface area contributed by atoms with E-state index in [0.717, 1.165) is 0 Å². The first-order valence-corrected chi connectivity index (χ1v) is 13.2. The first kappa shape index (κ1) is 21.2. The van der Waals surface area contributed by atoms with Crippen LogP contribution in [-0.2, 0) is 0 Å². The molecule has 0 amide bonds. The molecule has 0 spiro atoms. The van der Waals surface area contributed by atoms with Crippen molar-refractivity contribution in [2.45, 2.75) is 0 Å². The van der Waals surface area contributed by atoms with Gasteiger partial charge >= 0.3 is 0 Å². The minimum absolute atomic E-state index is 1.25. The zero-order valence-corrected chi connectivity index (χ0v) is 20.9. The molecule has 8 aromatic carbocycles. The van der Waals surface area contributed by atoms with Gasteiger partial charge in [0.15, 0.2) is 0 Å². The quantitative estimate of drug-likeness (QED) is 0.216. The molecule has 0 radical (unpaired) electrons. The molecule has 0 heterocycles. The lowest BCUT2D eigenvalue weighted by atomic mass is 9.85. The molecule has 176 valence electrons. The Hall–Kier alpha value is -4.94. The first-order chi connectivity index (χ1) is 18.8. The molecule has 0 N–H and O–H groups in total. The van der Waals surface area contributed by atoms with Crippen LogP contribution in [0.4, 0.5) is 0 Å². The van der Waals surface area contributed by atoms with E-state index in [1.54, 1.807) is 0 Å². The number of hydrogen-bond donors (Lipinski definition) is 0. The van der Waals surface area contributed by atoms with E-state index in [-0.39, 0.29) is 0 Å². The Morgan fingerprint density at radius 3 is 1.18 bits per heavy atom. The van der Waals surface area contributed by atoms with Crippen molar-refractivity contribution in [3.8, 4) is 22.3 Å². The summed E-state index contributed by atoms with van der Waals surface area (Å²) in [7, 11) is 0. The van der Waals surface area contributed by atoms with E-state index in [1.165, 1.54) is 76.1 Å². The second-order valence-electron chi connectivity index (χ2n) is 10.2. The third-order valence-corrected chi connectivity index (χ3v) is 7.94. The second-order valence-corrected chi connectivity index (χ2v) is 10.2. The van der Waals surface area contributed by atoms with Crippen LogP contribution in [0.3, 0.4) is 0 Å². The predicted molar refractivity (Wildman–Crippen MR) is 165 cm³/mol. The zero-order chi connectivity index (χ0) is 25.1. The average Bonchev–Trinajstić information content (AvgIpc) is 2.98. The minimum atomic E-state index is 1.25. The highest BCUT2D eigenvalue weighted by molar-refractivity contribution is 6.21. The molecular weight excluding hydrogens is 456 g/mol. The molecular formula is C38H24. The molecule has 0 saturated heterocycles. The van der Waals surface area contributed by atoms with Crippen LogP contribution in [0.5, 0.6) is 0 Å². The Balaban J connectivity index is 1.43. The molecule has 38 heavy (non-hydrogen) atoms. The van der Waals surface area contributed by atoms with E-state index in [0.29, 0.717) is 0 Å². The SMILES string of the molecule is c1ccc(-c2c3ccccc3c(-c3ccc4cc5cc6ccccc6cc5cc4c3)c3ccccc23)cc1. The van der Waals surface area contributed by atoms with Crippen molar-refractivity contribution >= 4 is 53.9 Å². The van der Waals surface area contributed by atoms with Crippen molar-refractivity contribution in [2.24, 2.45) is 0 Å². The smallest absolute Gasteiger partial charge is 0.00262 e. The zero-order valence-electron chi connectivity index (χ0n) is 20.9. The predicted octanol–water partition coefficient (Wildman–Crippen LogP) is 10.8. The Labute approximate surface area is 221 Å². The van der Waals surface area contributed by atoms with Gasteiger partial charge in [-0.2, -0.15) is 0 Å². The summed E-state index contributed by atoms with van der Waals surface area (Å²) in [6.45, 7) is 0. The highest BCUT2D eigenvalue weighted by atomic mass is 14.2. The van der Waals surface area contributed by atoms with Crippen molar-refractivity contribution in [1.29, 1.82) is 0 Å². The van der Waals surface area contributed by atoms with E-state index in [4.69, 9.17) is 0 Å². The number of hydrogen-bond acceptors (Lipinski definition) is 0. The summed E-state index contributed by atoms with van der Waals surface area (Å²) >= 11 is 0. The largest absolute Gasteiger partial charge is 0.0622 e. The summed E-state index contributed by atoms with van der Waals surface area (Å²) in [6.07, 6.45) is 0. The molecule has 0 fully saturated rings. The summed E-state index contributed by atoms with van der Waals surface area (Å²) in [5, 5.41) is 12.8. The van der Waals surface area contributed by atoms with Crippen molar-refractivity contribution in [3.05, 3.63) is 146 Å². The monoisotopic (exact) mass is 480 g/mol. The summed E-state index contributed by atoms with van der Waals surface area (Å²) in [5.41, 5.74) is 5.11. The van der Waals surface area contributed by atoms with Crippen LogP contribution >= 0.6 is 0 Å².